The quantitative estimate of drug-likeness (QED) is 0.220. The minimum atomic E-state index is -1.16. The van der Waals surface area contributed by atoms with Gasteiger partial charge in [-0.1, -0.05) is 0 Å². The molecule has 0 N–H and O–H groups in total. The van der Waals surface area contributed by atoms with Gasteiger partial charge in [0.05, 0.1) is 4.92 Å². The van der Waals surface area contributed by atoms with Crippen LogP contribution < -0.4 is 0 Å². The molecule has 0 bridgehead atoms. The Morgan fingerprint density at radius 3 is 2.47 bits per heavy atom. The predicted octanol–water partition coefficient (Wildman–Crippen LogP) is -0.194. The zero-order chi connectivity index (χ0) is 11.4. The van der Waals surface area contributed by atoms with E-state index in [2.05, 4.69) is 20.1 Å². The van der Waals surface area contributed by atoms with Gasteiger partial charge < -0.3 is 15.3 Å². The average molecular weight is 218 g/mol. The van der Waals surface area contributed by atoms with Gasteiger partial charge in [-0.25, -0.2) is 0 Å². The zero-order valence-electron chi connectivity index (χ0n) is 6.84. The van der Waals surface area contributed by atoms with Crippen LogP contribution in [-0.4, -0.2) is 31.7 Å². The Balaban J connectivity index is 2.92. The average Bonchev–Trinajstić information content (AvgIpc) is 2.50. The molecule has 1 aromatic rings. The fraction of sp³-hybridized carbons (Fsp3) is 0.333. The molecule has 0 aliphatic carbocycles. The maximum absolute atomic E-state index is 10.7. The monoisotopic (exact) mass is 218 g/mol. The second-order valence-corrected chi connectivity index (χ2v) is 2.09. The third-order valence-electron chi connectivity index (χ3n) is 1.07. The molecular formula is C3H2N6O6. The van der Waals surface area contributed by atoms with E-state index in [-0.39, 0.29) is 4.86 Å². The highest BCUT2D eigenvalue weighted by atomic mass is 16.6. The van der Waals surface area contributed by atoms with Crippen LogP contribution in [0.3, 0.4) is 0 Å². The molecule has 1 aromatic heterocycles. The van der Waals surface area contributed by atoms with E-state index < -0.39 is 28.2 Å². The Morgan fingerprint density at radius 1 is 1.27 bits per heavy atom. The molecule has 0 aliphatic rings. The first-order chi connectivity index (χ1) is 7.00. The van der Waals surface area contributed by atoms with E-state index in [0.29, 0.717) is 0 Å². The van der Waals surface area contributed by atoms with Gasteiger partial charge in [0, 0.05) is 10.3 Å². The zero-order valence-corrected chi connectivity index (χ0v) is 6.84. The Bertz CT molecular complexity index is 422. The SMILES string of the molecule is O=[N+]([O-])C[N+]([O-])=Nc1nonc1[N+](=O)[O-]. The molecular weight excluding hydrogens is 216 g/mol. The van der Waals surface area contributed by atoms with Gasteiger partial charge in [0.1, 0.15) is 0 Å². The molecule has 0 aromatic carbocycles. The van der Waals surface area contributed by atoms with Crippen LogP contribution in [0.2, 0.25) is 0 Å². The maximum atomic E-state index is 10.7. The van der Waals surface area contributed by atoms with Crippen LogP contribution >= 0.6 is 0 Å². The largest absolute Gasteiger partial charge is 0.595 e. The Labute approximate surface area is 79.6 Å². The molecule has 0 radical (unpaired) electrons. The van der Waals surface area contributed by atoms with Gasteiger partial charge in [-0.2, -0.15) is 0 Å². The van der Waals surface area contributed by atoms with E-state index in [1.807, 2.05) is 0 Å². The molecule has 0 fully saturated rings. The van der Waals surface area contributed by atoms with Crippen molar-refractivity contribution in [3.63, 3.8) is 0 Å². The molecule has 0 amide bonds. The number of hydrogen-bond acceptors (Lipinski definition) is 9. The van der Waals surface area contributed by atoms with Gasteiger partial charge >= 0.3 is 18.3 Å². The lowest BCUT2D eigenvalue weighted by atomic mass is 10.7. The highest BCUT2D eigenvalue weighted by Gasteiger charge is 2.25. The summed E-state index contributed by atoms with van der Waals surface area (Å²) in [7, 11) is 0. The van der Waals surface area contributed by atoms with E-state index in [9.17, 15) is 25.4 Å². The number of azo groups is 1. The number of hydrogen-bond donors (Lipinski definition) is 0. The molecule has 0 saturated heterocycles. The topological polar surface area (TPSA) is 164 Å². The normalized spacial score (nSPS) is 11.3. The van der Waals surface area contributed by atoms with Crippen molar-refractivity contribution < 1.29 is 19.3 Å². The van der Waals surface area contributed by atoms with Gasteiger partial charge in [0.2, 0.25) is 0 Å². The lowest BCUT2D eigenvalue weighted by molar-refractivity contribution is -0.710. The first kappa shape index (κ1) is 10.4. The van der Waals surface area contributed by atoms with Gasteiger partial charge in [0.25, 0.3) is 0 Å². The van der Waals surface area contributed by atoms with Crippen LogP contribution in [0.5, 0.6) is 0 Å². The van der Waals surface area contributed by atoms with Crippen LogP contribution in [0.4, 0.5) is 11.6 Å². The third kappa shape index (κ3) is 2.64. The summed E-state index contributed by atoms with van der Waals surface area (Å²) < 4.78 is 3.94. The molecule has 15 heavy (non-hydrogen) atoms. The number of nitrogens with zero attached hydrogens (tertiary/aromatic N) is 6. The van der Waals surface area contributed by atoms with Crippen LogP contribution in [0.15, 0.2) is 9.74 Å². The summed E-state index contributed by atoms with van der Waals surface area (Å²) >= 11 is 0. The van der Waals surface area contributed by atoms with E-state index in [1.165, 1.54) is 0 Å². The highest BCUT2D eigenvalue weighted by molar-refractivity contribution is 5.41. The van der Waals surface area contributed by atoms with Crippen molar-refractivity contribution >= 4 is 11.6 Å². The minimum absolute atomic E-state index is 0.382. The fourth-order valence-corrected chi connectivity index (χ4v) is 0.593. The summed E-state index contributed by atoms with van der Waals surface area (Å²) in [4.78, 5) is 17.7. The summed E-state index contributed by atoms with van der Waals surface area (Å²) in [6, 6.07) is 0. The van der Waals surface area contributed by atoms with E-state index in [4.69, 9.17) is 0 Å². The molecule has 0 saturated carbocycles. The van der Waals surface area contributed by atoms with Crippen molar-refractivity contribution in [2.24, 2.45) is 5.11 Å². The van der Waals surface area contributed by atoms with Crippen molar-refractivity contribution in [3.8, 4) is 0 Å². The third-order valence-corrected chi connectivity index (χ3v) is 1.07. The van der Waals surface area contributed by atoms with Crippen molar-refractivity contribution in [3.05, 3.63) is 25.4 Å². The molecule has 1 heterocycles. The standard InChI is InChI=1S/C3H2N6O6/c10-7(1-8(11)12)4-2-3(9(13)14)6-15-5-2/h1H2. The lowest BCUT2D eigenvalue weighted by Gasteiger charge is -1.91. The van der Waals surface area contributed by atoms with Gasteiger partial charge in [-0.3, -0.25) is 10.1 Å². The molecule has 1 rings (SSSR count). The summed E-state index contributed by atoms with van der Waals surface area (Å²) in [5.41, 5.74) is 0. The minimum Gasteiger partial charge on any atom is -0.595 e. The van der Waals surface area contributed by atoms with Crippen molar-refractivity contribution in [1.29, 1.82) is 0 Å². The molecule has 0 unspecified atom stereocenters. The van der Waals surface area contributed by atoms with Crippen molar-refractivity contribution in [1.82, 2.24) is 10.3 Å². The van der Waals surface area contributed by atoms with Gasteiger partial charge in [-0.15, -0.1) is 4.63 Å². The van der Waals surface area contributed by atoms with Gasteiger partial charge in [0.15, 0.2) is 5.16 Å². The number of aromatic nitrogens is 2. The Hall–Kier alpha value is -2.66. The maximum Gasteiger partial charge on any atom is 0.467 e. The number of rotatable bonds is 4. The van der Waals surface area contributed by atoms with Gasteiger partial charge in [-0.05, 0) is 9.78 Å². The summed E-state index contributed by atoms with van der Waals surface area (Å²) in [5.74, 6) is -1.61. The Morgan fingerprint density at radius 2 is 1.93 bits per heavy atom. The molecule has 0 spiro atoms. The van der Waals surface area contributed by atoms with Crippen LogP contribution in [0, 0.1) is 25.4 Å². The molecule has 0 atom stereocenters. The smallest absolute Gasteiger partial charge is 0.467 e. The molecule has 12 heteroatoms. The second-order valence-electron chi connectivity index (χ2n) is 2.09. The first-order valence-electron chi connectivity index (χ1n) is 3.25. The highest BCUT2D eigenvalue weighted by Crippen LogP contribution is 2.21. The van der Waals surface area contributed by atoms with Crippen molar-refractivity contribution in [2.45, 2.75) is 0 Å². The number of nitro groups is 2. The van der Waals surface area contributed by atoms with E-state index in [0.717, 1.165) is 0 Å². The number of hydroxylamine groups is 1. The van der Waals surface area contributed by atoms with E-state index >= 15 is 0 Å². The molecule has 80 valence electrons. The second kappa shape index (κ2) is 4.03. The lowest BCUT2D eigenvalue weighted by Crippen LogP contribution is -2.11. The molecule has 12 nitrogen and oxygen atoms in total. The van der Waals surface area contributed by atoms with E-state index in [1.54, 1.807) is 0 Å². The summed E-state index contributed by atoms with van der Waals surface area (Å²) in [5, 5.41) is 39.4. The Kier molecular flexibility index (Phi) is 2.80. The first-order valence-corrected chi connectivity index (χ1v) is 3.25. The fourth-order valence-electron chi connectivity index (χ4n) is 0.593. The van der Waals surface area contributed by atoms with Crippen LogP contribution in [-0.2, 0) is 0 Å². The van der Waals surface area contributed by atoms with Crippen molar-refractivity contribution in [2.75, 3.05) is 6.67 Å². The van der Waals surface area contributed by atoms with Crippen LogP contribution in [0.1, 0.15) is 0 Å². The summed E-state index contributed by atoms with van der Waals surface area (Å²) in [6.45, 7) is -1.16. The predicted molar refractivity (Wildman–Crippen MR) is 38.5 cm³/mol. The summed E-state index contributed by atoms with van der Waals surface area (Å²) in [6.07, 6.45) is 0. The molecule has 0 aliphatic heterocycles. The van der Waals surface area contributed by atoms with Crippen LogP contribution in [0.25, 0.3) is 0 Å².